The van der Waals surface area contributed by atoms with Crippen molar-refractivity contribution in [3.8, 4) is 16.9 Å². The van der Waals surface area contributed by atoms with Gasteiger partial charge in [-0.25, -0.2) is 14.3 Å². The van der Waals surface area contributed by atoms with Gasteiger partial charge in [-0.15, -0.1) is 0 Å². The maximum Gasteiger partial charge on any atom is 0.326 e. The third-order valence-corrected chi connectivity index (χ3v) is 7.41. The number of hydrogen-bond acceptors (Lipinski definition) is 5. The summed E-state index contributed by atoms with van der Waals surface area (Å²) in [7, 11) is 1.65. The van der Waals surface area contributed by atoms with E-state index in [9.17, 15) is 4.79 Å². The molecule has 0 spiro atoms. The fraction of sp³-hybridized carbons (Fsp3) is 0.536. The zero-order chi connectivity index (χ0) is 25.6. The molecule has 4 heterocycles. The van der Waals surface area contributed by atoms with Gasteiger partial charge in [0.15, 0.2) is 11.4 Å². The first kappa shape index (κ1) is 24.6. The number of pyridine rings is 1. The van der Waals surface area contributed by atoms with Gasteiger partial charge in [0.2, 0.25) is 0 Å². The fourth-order valence-electron chi connectivity index (χ4n) is 5.41. The lowest BCUT2D eigenvalue weighted by atomic mass is 9.91. The second kappa shape index (κ2) is 9.39. The van der Waals surface area contributed by atoms with Crippen LogP contribution in [-0.2, 0) is 0 Å². The number of nitrogens with zero attached hydrogens (tertiary/aromatic N) is 5. The van der Waals surface area contributed by atoms with Crippen LogP contribution in [-0.4, -0.2) is 55.8 Å². The molecule has 0 radical (unpaired) electrons. The lowest BCUT2D eigenvalue weighted by Gasteiger charge is -2.35. The summed E-state index contributed by atoms with van der Waals surface area (Å²) in [5, 5.41) is 4.33. The van der Waals surface area contributed by atoms with E-state index in [0.717, 1.165) is 61.1 Å². The minimum absolute atomic E-state index is 0.0242. The molecule has 3 aromatic heterocycles. The second-order valence-corrected chi connectivity index (χ2v) is 11.6. The van der Waals surface area contributed by atoms with E-state index in [1.165, 1.54) is 11.9 Å². The van der Waals surface area contributed by atoms with Gasteiger partial charge in [0.25, 0.3) is 0 Å². The lowest BCUT2D eigenvalue weighted by molar-refractivity contribution is 0.157. The molecule has 1 saturated heterocycles. The number of imidazole rings is 1. The van der Waals surface area contributed by atoms with Crippen molar-refractivity contribution >= 4 is 16.7 Å². The van der Waals surface area contributed by atoms with Crippen LogP contribution in [0.2, 0.25) is 0 Å². The predicted molar refractivity (Wildman–Crippen MR) is 144 cm³/mol. The Morgan fingerprint density at radius 2 is 2.03 bits per heavy atom. The summed E-state index contributed by atoms with van der Waals surface area (Å²) >= 11 is 0. The molecule has 0 bridgehead atoms. The molecule has 1 unspecified atom stereocenters. The average molecular weight is 491 g/mol. The Morgan fingerprint density at radius 1 is 1.22 bits per heavy atom. The molecule has 0 aliphatic carbocycles. The molecule has 8 nitrogen and oxygen atoms in total. The standard InChI is InChI=1S/C28H38N6O2/c1-18(2)21-14-24-23(13-22(21)19-12-25(36-6)26-29-17-30-33(26)15-19)31-27(35)34(24)20-8-7-10-32(16-20)11-9-28(3,4)5/h12-15,17-18,20H,7-11,16H2,1-6H3,(H,31,35). The topological polar surface area (TPSA) is 80.5 Å². The Labute approximate surface area is 212 Å². The molecule has 0 amide bonds. The maximum atomic E-state index is 13.3. The van der Waals surface area contributed by atoms with E-state index in [1.54, 1.807) is 11.6 Å². The van der Waals surface area contributed by atoms with Gasteiger partial charge in [0.1, 0.15) is 6.33 Å². The van der Waals surface area contributed by atoms with Crippen molar-refractivity contribution < 1.29 is 4.74 Å². The van der Waals surface area contributed by atoms with Crippen molar-refractivity contribution in [3.05, 3.63) is 46.8 Å². The summed E-state index contributed by atoms with van der Waals surface area (Å²) in [6.45, 7) is 14.4. The van der Waals surface area contributed by atoms with Crippen LogP contribution in [0.4, 0.5) is 0 Å². The highest BCUT2D eigenvalue weighted by Gasteiger charge is 2.26. The number of fused-ring (bicyclic) bond motifs is 2. The highest BCUT2D eigenvalue weighted by molar-refractivity contribution is 5.85. The number of rotatable bonds is 6. The Bertz CT molecular complexity index is 1440. The number of benzene rings is 1. The van der Waals surface area contributed by atoms with Crippen LogP contribution >= 0.6 is 0 Å². The van der Waals surface area contributed by atoms with E-state index in [1.807, 2.05) is 16.8 Å². The SMILES string of the molecule is COc1cc(-c2cc3[nH]c(=O)n(C4CCCN(CCC(C)(C)C)C4)c3cc2C(C)C)cn2ncnc12. The molecule has 5 rings (SSSR count). The monoisotopic (exact) mass is 490 g/mol. The molecule has 192 valence electrons. The second-order valence-electron chi connectivity index (χ2n) is 11.6. The summed E-state index contributed by atoms with van der Waals surface area (Å²) in [5.74, 6) is 0.943. The maximum absolute atomic E-state index is 13.3. The number of nitrogens with one attached hydrogen (secondary N) is 1. The minimum atomic E-state index is -0.0242. The van der Waals surface area contributed by atoms with Gasteiger partial charge >= 0.3 is 5.69 Å². The molecule has 8 heteroatoms. The van der Waals surface area contributed by atoms with Gasteiger partial charge in [-0.3, -0.25) is 4.57 Å². The van der Waals surface area contributed by atoms with E-state index in [2.05, 4.69) is 66.7 Å². The zero-order valence-corrected chi connectivity index (χ0v) is 22.3. The van der Waals surface area contributed by atoms with Crippen molar-refractivity contribution in [1.82, 2.24) is 29.0 Å². The first-order chi connectivity index (χ1) is 17.1. The Morgan fingerprint density at radius 3 is 2.75 bits per heavy atom. The van der Waals surface area contributed by atoms with Crippen molar-refractivity contribution in [2.45, 2.75) is 65.8 Å². The number of ether oxygens (including phenoxy) is 1. The van der Waals surface area contributed by atoms with Crippen molar-refractivity contribution in [2.24, 2.45) is 5.41 Å². The van der Waals surface area contributed by atoms with Crippen LogP contribution in [0.3, 0.4) is 0 Å². The molecule has 1 aromatic carbocycles. The summed E-state index contributed by atoms with van der Waals surface area (Å²) < 4.78 is 9.35. The van der Waals surface area contributed by atoms with E-state index >= 15 is 0 Å². The normalized spacial score (nSPS) is 17.5. The molecule has 1 atom stereocenters. The van der Waals surface area contributed by atoms with Crippen LogP contribution < -0.4 is 10.4 Å². The molecule has 1 aliphatic rings. The Hall–Kier alpha value is -3.13. The smallest absolute Gasteiger partial charge is 0.326 e. The molecule has 4 aromatic rings. The van der Waals surface area contributed by atoms with Gasteiger partial charge in [-0.05, 0) is 73.0 Å². The highest BCUT2D eigenvalue weighted by atomic mass is 16.5. The fourth-order valence-corrected chi connectivity index (χ4v) is 5.41. The largest absolute Gasteiger partial charge is 0.493 e. The van der Waals surface area contributed by atoms with Crippen LogP contribution in [0.15, 0.2) is 35.5 Å². The van der Waals surface area contributed by atoms with Gasteiger partial charge in [0.05, 0.1) is 24.2 Å². The molecule has 0 saturated carbocycles. The molecule has 36 heavy (non-hydrogen) atoms. The molecule has 1 fully saturated rings. The number of aromatic amines is 1. The Kier molecular flexibility index (Phi) is 6.41. The van der Waals surface area contributed by atoms with Crippen molar-refractivity contribution in [3.63, 3.8) is 0 Å². The summed E-state index contributed by atoms with van der Waals surface area (Å²) in [4.78, 5) is 23.3. The first-order valence-corrected chi connectivity index (χ1v) is 13.0. The third-order valence-electron chi connectivity index (χ3n) is 7.41. The van der Waals surface area contributed by atoms with Gasteiger partial charge in [-0.1, -0.05) is 34.6 Å². The third kappa shape index (κ3) is 4.66. The molecule has 1 N–H and O–H groups in total. The minimum Gasteiger partial charge on any atom is -0.493 e. The lowest BCUT2D eigenvalue weighted by Crippen LogP contribution is -2.40. The van der Waals surface area contributed by atoms with Crippen LogP contribution in [0, 0.1) is 5.41 Å². The van der Waals surface area contributed by atoms with Crippen LogP contribution in [0.5, 0.6) is 5.75 Å². The zero-order valence-electron chi connectivity index (χ0n) is 22.3. The average Bonchev–Trinajstić information content (AvgIpc) is 3.44. The molecular weight excluding hydrogens is 452 g/mol. The predicted octanol–water partition coefficient (Wildman–Crippen LogP) is 5.24. The molecular formula is C28H38N6O2. The van der Waals surface area contributed by atoms with E-state index < -0.39 is 0 Å². The van der Waals surface area contributed by atoms with Crippen molar-refractivity contribution in [1.29, 1.82) is 0 Å². The van der Waals surface area contributed by atoms with Gasteiger partial charge < -0.3 is 14.6 Å². The van der Waals surface area contributed by atoms with E-state index in [4.69, 9.17) is 4.74 Å². The number of aromatic nitrogens is 5. The van der Waals surface area contributed by atoms with Gasteiger partial charge in [0, 0.05) is 18.3 Å². The number of methoxy groups -OCH3 is 1. The molecule has 1 aliphatic heterocycles. The van der Waals surface area contributed by atoms with Crippen LogP contribution in [0.1, 0.15) is 71.4 Å². The number of H-pyrrole nitrogens is 1. The number of likely N-dealkylation sites (tertiary alicyclic amines) is 1. The quantitative estimate of drug-likeness (QED) is 0.400. The summed E-state index contributed by atoms with van der Waals surface area (Å²) in [5.41, 5.74) is 6.06. The summed E-state index contributed by atoms with van der Waals surface area (Å²) in [6, 6.07) is 6.50. The van der Waals surface area contributed by atoms with Crippen LogP contribution in [0.25, 0.3) is 27.8 Å². The van der Waals surface area contributed by atoms with Gasteiger partial charge in [-0.2, -0.15) is 5.10 Å². The number of piperidine rings is 1. The summed E-state index contributed by atoms with van der Waals surface area (Å²) in [6.07, 6.45) is 6.80. The van der Waals surface area contributed by atoms with E-state index in [-0.39, 0.29) is 17.6 Å². The number of hydrogen-bond donors (Lipinski definition) is 1. The van der Waals surface area contributed by atoms with E-state index in [0.29, 0.717) is 16.8 Å². The first-order valence-electron chi connectivity index (χ1n) is 13.0. The Balaban J connectivity index is 1.56. The highest BCUT2D eigenvalue weighted by Crippen LogP contribution is 2.36. The van der Waals surface area contributed by atoms with Crippen molar-refractivity contribution in [2.75, 3.05) is 26.7 Å².